The molecule has 88 valence electrons. The zero-order chi connectivity index (χ0) is 11.9. The van der Waals surface area contributed by atoms with Crippen molar-refractivity contribution in [1.29, 1.82) is 0 Å². The van der Waals surface area contributed by atoms with E-state index in [2.05, 4.69) is 48.5 Å². The van der Waals surface area contributed by atoms with Gasteiger partial charge in [-0.2, -0.15) is 0 Å². The molecule has 0 spiro atoms. The van der Waals surface area contributed by atoms with Crippen LogP contribution in [0.2, 0.25) is 0 Å². The van der Waals surface area contributed by atoms with Crippen LogP contribution in [0.25, 0.3) is 0 Å². The first-order chi connectivity index (χ1) is 8.34. The van der Waals surface area contributed by atoms with Crippen LogP contribution >= 0.6 is 0 Å². The highest BCUT2D eigenvalue weighted by Gasteiger charge is 2.04. The molecule has 0 radical (unpaired) electrons. The van der Waals surface area contributed by atoms with E-state index in [1.54, 1.807) is 0 Å². The second kappa shape index (κ2) is 6.21. The third-order valence-corrected chi connectivity index (χ3v) is 2.99. The van der Waals surface area contributed by atoms with Gasteiger partial charge < -0.3 is 5.73 Å². The molecular weight excluding hydrogens is 206 g/mol. The van der Waals surface area contributed by atoms with E-state index in [1.165, 1.54) is 11.1 Å². The van der Waals surface area contributed by atoms with E-state index in [1.807, 2.05) is 12.1 Å². The normalized spacial score (nSPS) is 12.3. The zero-order valence-electron chi connectivity index (χ0n) is 10.0. The van der Waals surface area contributed by atoms with Gasteiger partial charge in [0, 0.05) is 6.04 Å². The second-order valence-corrected chi connectivity index (χ2v) is 4.47. The van der Waals surface area contributed by atoms with Crippen LogP contribution in [0.4, 0.5) is 0 Å². The van der Waals surface area contributed by atoms with Gasteiger partial charge in [0.1, 0.15) is 0 Å². The Labute approximate surface area is 103 Å². The van der Waals surface area contributed by atoms with E-state index in [-0.39, 0.29) is 6.04 Å². The minimum absolute atomic E-state index is 0.248. The van der Waals surface area contributed by atoms with Gasteiger partial charge in [0.2, 0.25) is 0 Å². The van der Waals surface area contributed by atoms with E-state index in [4.69, 9.17) is 5.73 Å². The molecule has 0 saturated heterocycles. The van der Waals surface area contributed by atoms with Gasteiger partial charge in [-0.1, -0.05) is 60.7 Å². The average Bonchev–Trinajstić information content (AvgIpc) is 2.39. The molecule has 0 saturated carbocycles. The maximum absolute atomic E-state index is 6.15. The van der Waals surface area contributed by atoms with Crippen molar-refractivity contribution >= 4 is 0 Å². The summed E-state index contributed by atoms with van der Waals surface area (Å²) in [6.45, 7) is 0. The van der Waals surface area contributed by atoms with Crippen LogP contribution in [0.5, 0.6) is 0 Å². The number of benzene rings is 2. The van der Waals surface area contributed by atoms with Gasteiger partial charge in [-0.05, 0) is 30.4 Å². The second-order valence-electron chi connectivity index (χ2n) is 4.47. The van der Waals surface area contributed by atoms with Crippen molar-refractivity contribution in [3.05, 3.63) is 71.8 Å². The Bertz CT molecular complexity index is 422. The molecule has 0 bridgehead atoms. The fourth-order valence-electron chi connectivity index (χ4n) is 2.02. The Balaban J connectivity index is 1.80. The fourth-order valence-corrected chi connectivity index (χ4v) is 2.02. The lowest BCUT2D eigenvalue weighted by Gasteiger charge is -2.11. The topological polar surface area (TPSA) is 26.0 Å². The molecule has 2 aromatic rings. The van der Waals surface area contributed by atoms with E-state index in [0.29, 0.717) is 0 Å². The lowest BCUT2D eigenvalue weighted by molar-refractivity contribution is 0.610. The number of hydrogen-bond acceptors (Lipinski definition) is 1. The highest BCUT2D eigenvalue weighted by molar-refractivity contribution is 5.17. The van der Waals surface area contributed by atoms with Gasteiger partial charge in [-0.3, -0.25) is 0 Å². The SMILES string of the molecule is NC(CCc1ccccc1)Cc1ccccc1. The first-order valence-corrected chi connectivity index (χ1v) is 6.18. The van der Waals surface area contributed by atoms with E-state index < -0.39 is 0 Å². The summed E-state index contributed by atoms with van der Waals surface area (Å²) in [6.07, 6.45) is 3.07. The molecule has 2 N–H and O–H groups in total. The minimum Gasteiger partial charge on any atom is -0.327 e. The van der Waals surface area contributed by atoms with Crippen molar-refractivity contribution in [2.24, 2.45) is 5.73 Å². The van der Waals surface area contributed by atoms with Gasteiger partial charge in [-0.25, -0.2) is 0 Å². The van der Waals surface area contributed by atoms with E-state index in [0.717, 1.165) is 19.3 Å². The van der Waals surface area contributed by atoms with Gasteiger partial charge in [0.15, 0.2) is 0 Å². The number of hydrogen-bond donors (Lipinski definition) is 1. The molecule has 2 aromatic carbocycles. The maximum atomic E-state index is 6.15. The Morgan fingerprint density at radius 3 is 1.88 bits per heavy atom. The first-order valence-electron chi connectivity index (χ1n) is 6.18. The van der Waals surface area contributed by atoms with E-state index >= 15 is 0 Å². The third kappa shape index (κ3) is 4.04. The molecule has 0 aliphatic carbocycles. The molecule has 17 heavy (non-hydrogen) atoms. The predicted octanol–water partition coefficient (Wildman–Crippen LogP) is 3.19. The zero-order valence-corrected chi connectivity index (χ0v) is 10.0. The fraction of sp³-hybridized carbons (Fsp3) is 0.250. The van der Waals surface area contributed by atoms with Crippen LogP contribution in [0.3, 0.4) is 0 Å². The average molecular weight is 225 g/mol. The summed E-state index contributed by atoms with van der Waals surface area (Å²) in [6, 6.07) is 21.2. The summed E-state index contributed by atoms with van der Waals surface area (Å²) >= 11 is 0. The van der Waals surface area contributed by atoms with Crippen LogP contribution in [0.15, 0.2) is 60.7 Å². The van der Waals surface area contributed by atoms with Crippen molar-refractivity contribution in [3.8, 4) is 0 Å². The summed E-state index contributed by atoms with van der Waals surface area (Å²) in [5.41, 5.74) is 8.85. The highest BCUT2D eigenvalue weighted by atomic mass is 14.6. The van der Waals surface area contributed by atoms with Crippen LogP contribution in [-0.4, -0.2) is 6.04 Å². The first kappa shape index (κ1) is 11.9. The van der Waals surface area contributed by atoms with Gasteiger partial charge in [-0.15, -0.1) is 0 Å². The Kier molecular flexibility index (Phi) is 4.34. The number of nitrogens with two attached hydrogens (primary N) is 1. The summed E-state index contributed by atoms with van der Waals surface area (Å²) in [4.78, 5) is 0. The molecule has 1 heteroatoms. The molecule has 1 atom stereocenters. The van der Waals surface area contributed by atoms with Crippen LogP contribution in [-0.2, 0) is 12.8 Å². The molecule has 0 aliphatic rings. The Morgan fingerprint density at radius 1 is 0.765 bits per heavy atom. The molecule has 0 fully saturated rings. The standard InChI is InChI=1S/C16H19N/c17-16(13-15-9-5-2-6-10-15)12-11-14-7-3-1-4-8-14/h1-10,16H,11-13,17H2. The van der Waals surface area contributed by atoms with Crippen LogP contribution < -0.4 is 5.73 Å². The number of rotatable bonds is 5. The Hall–Kier alpha value is -1.60. The van der Waals surface area contributed by atoms with Gasteiger partial charge in [0.05, 0.1) is 0 Å². The molecule has 2 rings (SSSR count). The molecule has 0 heterocycles. The smallest absolute Gasteiger partial charge is 0.00824 e. The molecular formula is C16H19N. The van der Waals surface area contributed by atoms with Gasteiger partial charge >= 0.3 is 0 Å². The highest BCUT2D eigenvalue weighted by Crippen LogP contribution is 2.08. The van der Waals surface area contributed by atoms with Crippen molar-refractivity contribution in [2.45, 2.75) is 25.3 Å². The van der Waals surface area contributed by atoms with Crippen LogP contribution in [0, 0.1) is 0 Å². The van der Waals surface area contributed by atoms with Crippen molar-refractivity contribution in [2.75, 3.05) is 0 Å². The molecule has 0 aromatic heterocycles. The lowest BCUT2D eigenvalue weighted by atomic mass is 10.00. The van der Waals surface area contributed by atoms with Crippen molar-refractivity contribution < 1.29 is 0 Å². The molecule has 0 aliphatic heterocycles. The quantitative estimate of drug-likeness (QED) is 0.831. The summed E-state index contributed by atoms with van der Waals surface area (Å²) in [5.74, 6) is 0. The lowest BCUT2D eigenvalue weighted by Crippen LogP contribution is -2.23. The maximum Gasteiger partial charge on any atom is 0.00824 e. The largest absolute Gasteiger partial charge is 0.327 e. The van der Waals surface area contributed by atoms with Crippen molar-refractivity contribution in [1.82, 2.24) is 0 Å². The number of aryl methyl sites for hydroxylation is 1. The summed E-state index contributed by atoms with van der Waals surface area (Å²) < 4.78 is 0. The van der Waals surface area contributed by atoms with E-state index in [9.17, 15) is 0 Å². The van der Waals surface area contributed by atoms with Gasteiger partial charge in [0.25, 0.3) is 0 Å². The predicted molar refractivity (Wildman–Crippen MR) is 72.9 cm³/mol. The van der Waals surface area contributed by atoms with Crippen molar-refractivity contribution in [3.63, 3.8) is 0 Å². The Morgan fingerprint density at radius 2 is 1.29 bits per heavy atom. The third-order valence-electron chi connectivity index (χ3n) is 2.99. The monoisotopic (exact) mass is 225 g/mol. The molecule has 0 amide bonds. The summed E-state index contributed by atoms with van der Waals surface area (Å²) in [7, 11) is 0. The van der Waals surface area contributed by atoms with Crippen LogP contribution in [0.1, 0.15) is 17.5 Å². The summed E-state index contributed by atoms with van der Waals surface area (Å²) in [5, 5.41) is 0. The molecule has 1 nitrogen and oxygen atoms in total. The minimum atomic E-state index is 0.248. The molecule has 1 unspecified atom stereocenters.